The number of nitrogens with zero attached hydrogens (tertiary/aromatic N) is 1. The van der Waals surface area contributed by atoms with E-state index >= 15 is 0 Å². The van der Waals surface area contributed by atoms with Gasteiger partial charge in [-0.1, -0.05) is 6.07 Å². The summed E-state index contributed by atoms with van der Waals surface area (Å²) in [6, 6.07) is 4.19. The monoisotopic (exact) mass is 231 g/mol. The SMILES string of the molecule is CN(C)Cc1ccc(S(=N)(N)=O)c(F)c1. The topological polar surface area (TPSA) is 70.2 Å². The van der Waals surface area contributed by atoms with Crippen LogP contribution in [0.3, 0.4) is 0 Å². The maximum absolute atomic E-state index is 13.4. The van der Waals surface area contributed by atoms with Crippen molar-refractivity contribution in [2.75, 3.05) is 14.1 Å². The molecule has 15 heavy (non-hydrogen) atoms. The molecule has 0 aliphatic rings. The Morgan fingerprint density at radius 2 is 2.13 bits per heavy atom. The van der Waals surface area contributed by atoms with E-state index in [1.165, 1.54) is 12.1 Å². The van der Waals surface area contributed by atoms with Crippen LogP contribution in [0.1, 0.15) is 5.56 Å². The Bertz CT molecular complexity index is 456. The largest absolute Gasteiger partial charge is 0.305 e. The number of benzene rings is 1. The molecule has 6 heteroatoms. The molecule has 0 fully saturated rings. The normalized spacial score (nSPS) is 15.3. The van der Waals surface area contributed by atoms with E-state index in [0.717, 1.165) is 5.56 Å². The molecule has 1 unspecified atom stereocenters. The summed E-state index contributed by atoms with van der Waals surface area (Å²) in [7, 11) is 0.260. The lowest BCUT2D eigenvalue weighted by molar-refractivity contribution is 0.401. The van der Waals surface area contributed by atoms with Crippen LogP contribution in [0.15, 0.2) is 23.1 Å². The summed E-state index contributed by atoms with van der Waals surface area (Å²) in [6.07, 6.45) is 0. The summed E-state index contributed by atoms with van der Waals surface area (Å²) in [5.41, 5.74) is 0.755. The molecule has 0 heterocycles. The highest BCUT2D eigenvalue weighted by atomic mass is 32.2. The van der Waals surface area contributed by atoms with E-state index in [9.17, 15) is 8.60 Å². The van der Waals surface area contributed by atoms with E-state index in [1.54, 1.807) is 6.07 Å². The molecule has 1 aromatic rings. The Morgan fingerprint density at radius 3 is 2.53 bits per heavy atom. The third kappa shape index (κ3) is 3.26. The van der Waals surface area contributed by atoms with E-state index in [-0.39, 0.29) is 4.90 Å². The minimum atomic E-state index is -3.47. The lowest BCUT2D eigenvalue weighted by Gasteiger charge is -2.10. The highest BCUT2D eigenvalue weighted by Gasteiger charge is 2.11. The molecule has 0 bridgehead atoms. The van der Waals surface area contributed by atoms with Gasteiger partial charge in [-0.05, 0) is 31.8 Å². The van der Waals surface area contributed by atoms with Gasteiger partial charge in [-0.3, -0.25) is 0 Å². The molecule has 0 aliphatic carbocycles. The maximum atomic E-state index is 13.4. The van der Waals surface area contributed by atoms with Crippen LogP contribution >= 0.6 is 0 Å². The second kappa shape index (κ2) is 4.26. The van der Waals surface area contributed by atoms with E-state index in [2.05, 4.69) is 0 Å². The van der Waals surface area contributed by atoms with Crippen LogP contribution in [-0.4, -0.2) is 23.2 Å². The average molecular weight is 231 g/mol. The summed E-state index contributed by atoms with van der Waals surface area (Å²) >= 11 is 0. The van der Waals surface area contributed by atoms with E-state index in [0.29, 0.717) is 6.54 Å². The predicted octanol–water partition coefficient (Wildman–Crippen LogP) is 1.17. The molecule has 84 valence electrons. The van der Waals surface area contributed by atoms with Gasteiger partial charge in [-0.2, -0.15) is 0 Å². The van der Waals surface area contributed by atoms with Gasteiger partial charge < -0.3 is 4.90 Å². The van der Waals surface area contributed by atoms with Gasteiger partial charge in [0.15, 0.2) is 0 Å². The minimum Gasteiger partial charge on any atom is -0.305 e. The zero-order chi connectivity index (χ0) is 11.6. The molecule has 0 radical (unpaired) electrons. The second-order valence-electron chi connectivity index (χ2n) is 3.60. The van der Waals surface area contributed by atoms with Crippen LogP contribution in [0, 0.1) is 10.6 Å². The van der Waals surface area contributed by atoms with Gasteiger partial charge in [0.25, 0.3) is 0 Å². The van der Waals surface area contributed by atoms with Crippen molar-refractivity contribution in [2.24, 2.45) is 5.14 Å². The molecule has 1 atom stereocenters. The van der Waals surface area contributed by atoms with Crippen molar-refractivity contribution < 1.29 is 8.60 Å². The molecule has 0 amide bonds. The lowest BCUT2D eigenvalue weighted by atomic mass is 10.2. The number of rotatable bonds is 3. The van der Waals surface area contributed by atoms with E-state index in [4.69, 9.17) is 9.92 Å². The van der Waals surface area contributed by atoms with Crippen molar-refractivity contribution in [3.8, 4) is 0 Å². The van der Waals surface area contributed by atoms with Crippen LogP contribution in [-0.2, 0) is 16.5 Å². The van der Waals surface area contributed by atoms with Crippen LogP contribution < -0.4 is 5.14 Å². The van der Waals surface area contributed by atoms with Crippen molar-refractivity contribution >= 4 is 9.92 Å². The van der Waals surface area contributed by atoms with Crippen molar-refractivity contribution in [3.63, 3.8) is 0 Å². The molecule has 0 aliphatic heterocycles. The van der Waals surface area contributed by atoms with Gasteiger partial charge in [0, 0.05) is 6.54 Å². The van der Waals surface area contributed by atoms with Crippen molar-refractivity contribution in [1.29, 1.82) is 4.78 Å². The molecule has 1 aromatic carbocycles. The van der Waals surface area contributed by atoms with Gasteiger partial charge in [-0.15, -0.1) is 0 Å². The summed E-state index contributed by atoms with van der Waals surface area (Å²) < 4.78 is 31.6. The fraction of sp³-hybridized carbons (Fsp3) is 0.333. The summed E-state index contributed by atoms with van der Waals surface area (Å²) in [4.78, 5) is 1.64. The van der Waals surface area contributed by atoms with Gasteiger partial charge in [0.1, 0.15) is 15.7 Å². The van der Waals surface area contributed by atoms with Crippen LogP contribution in [0.2, 0.25) is 0 Å². The first-order valence-electron chi connectivity index (χ1n) is 4.30. The smallest absolute Gasteiger partial charge is 0.141 e. The molecule has 0 saturated heterocycles. The van der Waals surface area contributed by atoms with E-state index < -0.39 is 15.7 Å². The van der Waals surface area contributed by atoms with Crippen LogP contribution in [0.4, 0.5) is 4.39 Å². The number of hydrogen-bond donors (Lipinski definition) is 2. The third-order valence-corrected chi connectivity index (χ3v) is 2.81. The first kappa shape index (κ1) is 12.1. The Hall–Kier alpha value is -0.980. The minimum absolute atomic E-state index is 0.245. The van der Waals surface area contributed by atoms with Crippen molar-refractivity contribution in [1.82, 2.24) is 4.90 Å². The van der Waals surface area contributed by atoms with Crippen molar-refractivity contribution in [2.45, 2.75) is 11.4 Å². The fourth-order valence-corrected chi connectivity index (χ4v) is 1.87. The first-order chi connectivity index (χ1) is 6.80. The Morgan fingerprint density at radius 1 is 1.53 bits per heavy atom. The zero-order valence-corrected chi connectivity index (χ0v) is 9.47. The van der Waals surface area contributed by atoms with Gasteiger partial charge >= 0.3 is 0 Å². The highest BCUT2D eigenvalue weighted by molar-refractivity contribution is 7.90. The molecule has 0 saturated carbocycles. The molecule has 1 rings (SSSR count). The highest BCUT2D eigenvalue weighted by Crippen LogP contribution is 2.15. The summed E-state index contributed by atoms with van der Waals surface area (Å²) in [6.45, 7) is 0.584. The average Bonchev–Trinajstić information content (AvgIpc) is 1.99. The first-order valence-corrected chi connectivity index (χ1v) is 5.92. The Balaban J connectivity index is 3.09. The van der Waals surface area contributed by atoms with Crippen LogP contribution in [0.25, 0.3) is 0 Å². The van der Waals surface area contributed by atoms with E-state index in [1.807, 2.05) is 19.0 Å². The maximum Gasteiger partial charge on any atom is 0.141 e. The van der Waals surface area contributed by atoms with Gasteiger partial charge in [0.05, 0.1) is 4.90 Å². The number of hydrogen-bond acceptors (Lipinski definition) is 3. The standard InChI is InChI=1S/C9H14FN3OS/c1-13(2)6-7-3-4-9(8(10)5-7)15(11,12)14/h3-5H,6H2,1-2H3,(H3,11,12,14). The fourth-order valence-electron chi connectivity index (χ4n) is 1.25. The van der Waals surface area contributed by atoms with Gasteiger partial charge in [0.2, 0.25) is 0 Å². The molecule has 3 N–H and O–H groups in total. The molecule has 4 nitrogen and oxygen atoms in total. The van der Waals surface area contributed by atoms with Gasteiger partial charge in [-0.25, -0.2) is 18.5 Å². The summed E-state index contributed by atoms with van der Waals surface area (Å²) in [5, 5.41) is 5.05. The number of nitrogens with two attached hydrogens (primary N) is 1. The summed E-state index contributed by atoms with van der Waals surface area (Å²) in [5.74, 6) is -0.683. The molecule has 0 aromatic heterocycles. The second-order valence-corrected chi connectivity index (χ2v) is 5.24. The lowest BCUT2D eigenvalue weighted by Crippen LogP contribution is -2.14. The third-order valence-electron chi connectivity index (χ3n) is 1.82. The van der Waals surface area contributed by atoms with Crippen molar-refractivity contribution in [3.05, 3.63) is 29.6 Å². The van der Waals surface area contributed by atoms with Crippen LogP contribution in [0.5, 0.6) is 0 Å². The zero-order valence-electron chi connectivity index (χ0n) is 8.66. The molecular weight excluding hydrogens is 217 g/mol. The Labute approximate surface area is 89.0 Å². The number of halogens is 1. The Kier molecular flexibility index (Phi) is 3.43. The molecule has 0 spiro atoms. The predicted molar refractivity (Wildman–Crippen MR) is 57.1 cm³/mol. The molecular formula is C9H14FN3OS. The quantitative estimate of drug-likeness (QED) is 0.819. The number of nitrogens with one attached hydrogen (secondary N) is 1.